The van der Waals surface area contributed by atoms with Crippen LogP contribution in [0.15, 0.2) is 24.3 Å². The number of nitrogens with zero attached hydrogens (tertiary/aromatic N) is 2. The summed E-state index contributed by atoms with van der Waals surface area (Å²) >= 11 is 6.92. The summed E-state index contributed by atoms with van der Waals surface area (Å²) in [7, 11) is 0. The maximum absolute atomic E-state index is 5.71. The first-order chi connectivity index (χ1) is 6.27. The van der Waals surface area contributed by atoms with Crippen LogP contribution in [0.2, 0.25) is 4.47 Å². The third-order valence-corrected chi connectivity index (χ3v) is 2.58. The van der Waals surface area contributed by atoms with Crippen LogP contribution < -0.4 is 0 Å². The molecule has 0 saturated carbocycles. The molecule has 0 aliphatic heterocycles. The van der Waals surface area contributed by atoms with Gasteiger partial charge in [-0.2, -0.15) is 4.37 Å². The van der Waals surface area contributed by atoms with Crippen molar-refractivity contribution in [3.05, 3.63) is 34.3 Å². The molecule has 0 bridgehead atoms. The van der Waals surface area contributed by atoms with Gasteiger partial charge in [-0.1, -0.05) is 24.3 Å². The summed E-state index contributed by atoms with van der Waals surface area (Å²) < 4.78 is 4.63. The van der Waals surface area contributed by atoms with E-state index >= 15 is 0 Å². The first kappa shape index (κ1) is 8.66. The molecular formula is C9H7ClN2S. The molecule has 1 aromatic heterocycles. The maximum atomic E-state index is 5.71. The fraction of sp³-hybridized carbons (Fsp3) is 0.111. The van der Waals surface area contributed by atoms with Crippen molar-refractivity contribution in [2.75, 3.05) is 0 Å². The number of aromatic nitrogens is 2. The zero-order valence-corrected chi connectivity index (χ0v) is 8.56. The lowest BCUT2D eigenvalue weighted by molar-refractivity contribution is 1.30. The minimum atomic E-state index is 0.484. The zero-order valence-electron chi connectivity index (χ0n) is 6.99. The van der Waals surface area contributed by atoms with E-state index < -0.39 is 0 Å². The van der Waals surface area contributed by atoms with Gasteiger partial charge in [-0.05, 0) is 35.6 Å². The molecular weight excluding hydrogens is 204 g/mol. The van der Waals surface area contributed by atoms with Crippen LogP contribution >= 0.6 is 23.1 Å². The second kappa shape index (κ2) is 3.44. The van der Waals surface area contributed by atoms with Crippen molar-refractivity contribution in [1.29, 1.82) is 0 Å². The van der Waals surface area contributed by atoms with Crippen LogP contribution in [0.3, 0.4) is 0 Å². The Morgan fingerprint density at radius 3 is 2.69 bits per heavy atom. The molecule has 66 valence electrons. The van der Waals surface area contributed by atoms with Crippen molar-refractivity contribution in [2.24, 2.45) is 0 Å². The van der Waals surface area contributed by atoms with E-state index in [2.05, 4.69) is 9.36 Å². The van der Waals surface area contributed by atoms with Crippen molar-refractivity contribution >= 4 is 23.1 Å². The van der Waals surface area contributed by atoms with Gasteiger partial charge in [0, 0.05) is 5.56 Å². The first-order valence-corrected chi connectivity index (χ1v) is 4.98. The van der Waals surface area contributed by atoms with E-state index in [1.165, 1.54) is 11.5 Å². The Balaban J connectivity index is 2.52. The minimum absolute atomic E-state index is 0.484. The average Bonchev–Trinajstić information content (AvgIpc) is 2.53. The van der Waals surface area contributed by atoms with E-state index in [0.717, 1.165) is 11.1 Å². The molecule has 0 aliphatic carbocycles. The van der Waals surface area contributed by atoms with Crippen LogP contribution in [-0.4, -0.2) is 9.36 Å². The summed E-state index contributed by atoms with van der Waals surface area (Å²) in [5.74, 6) is 0.716. The van der Waals surface area contributed by atoms with Gasteiger partial charge in [0.1, 0.15) is 0 Å². The Morgan fingerprint density at radius 2 is 2.08 bits per heavy atom. The molecule has 1 aromatic carbocycles. The molecule has 0 fully saturated rings. The van der Waals surface area contributed by atoms with Crippen molar-refractivity contribution in [2.45, 2.75) is 6.92 Å². The topological polar surface area (TPSA) is 25.8 Å². The van der Waals surface area contributed by atoms with Crippen molar-refractivity contribution in [3.63, 3.8) is 0 Å². The predicted octanol–water partition coefficient (Wildman–Crippen LogP) is 3.17. The summed E-state index contributed by atoms with van der Waals surface area (Å²) in [4.78, 5) is 4.11. The van der Waals surface area contributed by atoms with E-state index in [0.29, 0.717) is 10.3 Å². The lowest BCUT2D eigenvalue weighted by Crippen LogP contribution is -1.83. The first-order valence-electron chi connectivity index (χ1n) is 3.82. The second-order valence-corrected chi connectivity index (χ2v) is 4.02. The number of rotatable bonds is 1. The predicted molar refractivity (Wildman–Crippen MR) is 55.1 cm³/mol. The van der Waals surface area contributed by atoms with Crippen molar-refractivity contribution < 1.29 is 0 Å². The van der Waals surface area contributed by atoms with E-state index in [-0.39, 0.29) is 0 Å². The van der Waals surface area contributed by atoms with Gasteiger partial charge in [0.2, 0.25) is 4.47 Å². The Kier molecular flexibility index (Phi) is 2.29. The van der Waals surface area contributed by atoms with E-state index in [9.17, 15) is 0 Å². The number of halogens is 1. The van der Waals surface area contributed by atoms with Crippen LogP contribution in [0.25, 0.3) is 11.4 Å². The summed E-state index contributed by atoms with van der Waals surface area (Å²) in [5, 5.41) is 0. The SMILES string of the molecule is Cc1ccccc1-c1nsc(Cl)n1. The number of hydrogen-bond acceptors (Lipinski definition) is 3. The minimum Gasteiger partial charge on any atom is -0.203 e. The summed E-state index contributed by atoms with van der Waals surface area (Å²) in [6, 6.07) is 7.99. The second-order valence-electron chi connectivity index (χ2n) is 2.69. The van der Waals surface area contributed by atoms with Crippen LogP contribution in [-0.2, 0) is 0 Å². The van der Waals surface area contributed by atoms with Gasteiger partial charge in [-0.3, -0.25) is 0 Å². The standard InChI is InChI=1S/C9H7ClN2S/c1-6-4-2-3-5-7(6)8-11-9(10)13-12-8/h2-5H,1H3. The number of hydrogen-bond donors (Lipinski definition) is 0. The Hall–Kier alpha value is -0.930. The summed E-state index contributed by atoms with van der Waals surface area (Å²) in [6.07, 6.45) is 0. The van der Waals surface area contributed by atoms with E-state index in [1.807, 2.05) is 31.2 Å². The quantitative estimate of drug-likeness (QED) is 0.723. The zero-order chi connectivity index (χ0) is 9.26. The smallest absolute Gasteiger partial charge is 0.203 e. The molecule has 2 rings (SSSR count). The van der Waals surface area contributed by atoms with Crippen LogP contribution in [0.4, 0.5) is 0 Å². The lowest BCUT2D eigenvalue weighted by atomic mass is 10.1. The van der Waals surface area contributed by atoms with Gasteiger partial charge in [0.05, 0.1) is 0 Å². The Labute approximate surface area is 85.4 Å². The molecule has 2 nitrogen and oxygen atoms in total. The summed E-state index contributed by atoms with van der Waals surface area (Å²) in [5.41, 5.74) is 2.21. The molecule has 0 unspecified atom stereocenters. The molecule has 13 heavy (non-hydrogen) atoms. The monoisotopic (exact) mass is 210 g/mol. The van der Waals surface area contributed by atoms with Crippen LogP contribution in [0.1, 0.15) is 5.56 Å². The maximum Gasteiger partial charge on any atom is 0.203 e. The molecule has 0 radical (unpaired) electrons. The van der Waals surface area contributed by atoms with Gasteiger partial charge in [-0.25, -0.2) is 4.98 Å². The molecule has 1 heterocycles. The molecule has 0 amide bonds. The molecule has 0 saturated heterocycles. The summed E-state index contributed by atoms with van der Waals surface area (Å²) in [6.45, 7) is 2.03. The number of benzene rings is 1. The largest absolute Gasteiger partial charge is 0.203 e. The third kappa shape index (κ3) is 1.71. The van der Waals surface area contributed by atoms with Crippen LogP contribution in [0.5, 0.6) is 0 Å². The van der Waals surface area contributed by atoms with Gasteiger partial charge >= 0.3 is 0 Å². The highest BCUT2D eigenvalue weighted by atomic mass is 35.5. The van der Waals surface area contributed by atoms with E-state index in [4.69, 9.17) is 11.6 Å². The highest BCUT2D eigenvalue weighted by molar-refractivity contribution is 7.10. The van der Waals surface area contributed by atoms with Gasteiger partial charge < -0.3 is 0 Å². The fourth-order valence-corrected chi connectivity index (χ4v) is 1.75. The highest BCUT2D eigenvalue weighted by Gasteiger charge is 2.06. The average molecular weight is 211 g/mol. The van der Waals surface area contributed by atoms with Gasteiger partial charge in [0.25, 0.3) is 0 Å². The van der Waals surface area contributed by atoms with Crippen LogP contribution in [0, 0.1) is 6.92 Å². The Morgan fingerprint density at radius 1 is 1.31 bits per heavy atom. The van der Waals surface area contributed by atoms with Crippen molar-refractivity contribution in [1.82, 2.24) is 9.36 Å². The molecule has 0 atom stereocenters. The highest BCUT2D eigenvalue weighted by Crippen LogP contribution is 2.23. The number of aryl methyl sites for hydroxylation is 1. The third-order valence-electron chi connectivity index (χ3n) is 1.79. The Bertz CT molecular complexity index is 425. The lowest BCUT2D eigenvalue weighted by Gasteiger charge is -1.98. The molecule has 0 aliphatic rings. The molecule has 0 N–H and O–H groups in total. The van der Waals surface area contributed by atoms with E-state index in [1.54, 1.807) is 0 Å². The molecule has 4 heteroatoms. The van der Waals surface area contributed by atoms with Crippen molar-refractivity contribution in [3.8, 4) is 11.4 Å². The molecule has 0 spiro atoms. The molecule has 2 aromatic rings. The fourth-order valence-electron chi connectivity index (χ4n) is 1.14. The normalized spacial score (nSPS) is 10.3. The van der Waals surface area contributed by atoms with Gasteiger partial charge in [0.15, 0.2) is 5.82 Å². The van der Waals surface area contributed by atoms with Gasteiger partial charge in [-0.15, -0.1) is 0 Å².